The van der Waals surface area contributed by atoms with Crippen LogP contribution in [0, 0.1) is 11.8 Å². The van der Waals surface area contributed by atoms with Gasteiger partial charge >= 0.3 is 5.97 Å². The van der Waals surface area contributed by atoms with E-state index >= 15 is 0 Å². The second kappa shape index (κ2) is 9.08. The van der Waals surface area contributed by atoms with Crippen LogP contribution in [0.1, 0.15) is 25.7 Å². The van der Waals surface area contributed by atoms with Crippen molar-refractivity contribution in [2.24, 2.45) is 11.8 Å². The van der Waals surface area contributed by atoms with Gasteiger partial charge in [-0.05, 0) is 25.7 Å². The van der Waals surface area contributed by atoms with Crippen LogP contribution >= 0.6 is 11.8 Å². The predicted molar refractivity (Wildman–Crippen MR) is 100 cm³/mol. The first-order valence-corrected chi connectivity index (χ1v) is 10.8. The van der Waals surface area contributed by atoms with Gasteiger partial charge in [0.05, 0.1) is 6.54 Å². The molecular weight excluding hydrogens is 354 g/mol. The molecule has 3 fully saturated rings. The molecule has 8 heteroatoms. The maximum atomic E-state index is 12.8. The van der Waals surface area contributed by atoms with Crippen molar-refractivity contribution in [1.29, 1.82) is 0 Å². The van der Waals surface area contributed by atoms with Crippen LogP contribution in [0.4, 0.5) is 0 Å². The third-order valence-electron chi connectivity index (χ3n) is 5.79. The van der Waals surface area contributed by atoms with Crippen molar-refractivity contribution in [1.82, 2.24) is 14.7 Å². The summed E-state index contributed by atoms with van der Waals surface area (Å²) in [6.07, 6.45) is 3.23. The first-order chi connectivity index (χ1) is 12.5. The topological polar surface area (TPSA) is 81.2 Å². The molecule has 0 bridgehead atoms. The molecule has 2 saturated heterocycles. The number of hydrogen-bond donors (Lipinski definition) is 1. The van der Waals surface area contributed by atoms with Gasteiger partial charge in [0.2, 0.25) is 11.8 Å². The molecule has 1 saturated carbocycles. The Bertz CT molecular complexity index is 523. The predicted octanol–water partition coefficient (Wildman–Crippen LogP) is 0.597. The fourth-order valence-corrected chi connectivity index (χ4v) is 5.11. The van der Waals surface area contributed by atoms with Gasteiger partial charge in [0.15, 0.2) is 0 Å². The van der Waals surface area contributed by atoms with Gasteiger partial charge in [0, 0.05) is 62.6 Å². The Labute approximate surface area is 159 Å². The first kappa shape index (κ1) is 19.5. The summed E-state index contributed by atoms with van der Waals surface area (Å²) in [6.45, 7) is 4.24. The lowest BCUT2D eigenvalue weighted by Crippen LogP contribution is -2.51. The number of nitrogens with zero attached hydrogens (tertiary/aromatic N) is 3. The second-order valence-electron chi connectivity index (χ2n) is 7.48. The molecule has 146 valence electrons. The van der Waals surface area contributed by atoms with Crippen molar-refractivity contribution in [2.45, 2.75) is 25.7 Å². The Morgan fingerprint density at radius 2 is 1.23 bits per heavy atom. The van der Waals surface area contributed by atoms with Crippen LogP contribution in [0.5, 0.6) is 0 Å². The second-order valence-corrected chi connectivity index (χ2v) is 8.71. The Balaban J connectivity index is 1.42. The summed E-state index contributed by atoms with van der Waals surface area (Å²) in [6, 6.07) is 0. The van der Waals surface area contributed by atoms with E-state index in [9.17, 15) is 14.4 Å². The van der Waals surface area contributed by atoms with E-state index in [-0.39, 0.29) is 24.3 Å². The number of carboxylic acids is 1. The van der Waals surface area contributed by atoms with Gasteiger partial charge in [-0.25, -0.2) is 0 Å². The van der Waals surface area contributed by atoms with E-state index < -0.39 is 5.97 Å². The van der Waals surface area contributed by atoms with E-state index in [1.807, 2.05) is 26.5 Å². The van der Waals surface area contributed by atoms with Crippen molar-refractivity contribution < 1.29 is 19.5 Å². The first-order valence-electron chi connectivity index (χ1n) is 9.64. The van der Waals surface area contributed by atoms with Gasteiger partial charge in [-0.1, -0.05) is 0 Å². The number of aliphatic carboxylic acids is 1. The van der Waals surface area contributed by atoms with Crippen LogP contribution in [0.15, 0.2) is 0 Å². The van der Waals surface area contributed by atoms with E-state index in [4.69, 9.17) is 5.11 Å². The monoisotopic (exact) mass is 383 g/mol. The highest BCUT2D eigenvalue weighted by molar-refractivity contribution is 7.99. The van der Waals surface area contributed by atoms with Gasteiger partial charge in [0.25, 0.3) is 0 Å². The summed E-state index contributed by atoms with van der Waals surface area (Å²) in [5.74, 6) is 1.86. The van der Waals surface area contributed by atoms with E-state index in [0.717, 1.165) is 50.3 Å². The molecule has 0 aromatic heterocycles. The molecule has 0 atom stereocenters. The molecule has 7 nitrogen and oxygen atoms in total. The molecule has 3 aliphatic rings. The highest BCUT2D eigenvalue weighted by atomic mass is 32.2. The van der Waals surface area contributed by atoms with E-state index in [1.165, 1.54) is 0 Å². The quantitative estimate of drug-likeness (QED) is 0.766. The number of thioether (sulfide) groups is 1. The molecule has 0 aromatic carbocycles. The molecule has 2 amide bonds. The molecule has 1 N–H and O–H groups in total. The molecule has 0 spiro atoms. The SMILES string of the molecule is O=C(O)CN1CCN(C(=O)C2CCC(C(=O)N3CCSCC3)CC2)CC1. The summed E-state index contributed by atoms with van der Waals surface area (Å²) < 4.78 is 0. The maximum absolute atomic E-state index is 12.8. The normalized spacial score (nSPS) is 28.0. The minimum atomic E-state index is -0.819. The lowest BCUT2D eigenvalue weighted by Gasteiger charge is -2.38. The molecular formula is C18H29N3O4S. The number of hydrogen-bond acceptors (Lipinski definition) is 5. The molecule has 3 rings (SSSR count). The molecule has 2 heterocycles. The van der Waals surface area contributed by atoms with Crippen LogP contribution in [0.25, 0.3) is 0 Å². The van der Waals surface area contributed by atoms with Crippen molar-refractivity contribution >= 4 is 29.5 Å². The standard InChI is InChI=1S/C18H29N3O4S/c22-16(23)13-19-5-7-20(8-6-19)17(24)14-1-3-15(4-2-14)18(25)21-9-11-26-12-10-21/h14-15H,1-13H2,(H,22,23). The van der Waals surface area contributed by atoms with E-state index in [1.54, 1.807) is 0 Å². The van der Waals surface area contributed by atoms with Crippen LogP contribution in [-0.2, 0) is 14.4 Å². The summed E-state index contributed by atoms with van der Waals surface area (Å²) in [4.78, 5) is 41.9. The highest BCUT2D eigenvalue weighted by Crippen LogP contribution is 2.32. The van der Waals surface area contributed by atoms with Crippen molar-refractivity contribution in [3.05, 3.63) is 0 Å². The molecule has 0 aromatic rings. The zero-order valence-electron chi connectivity index (χ0n) is 15.3. The number of piperazine rings is 1. The zero-order chi connectivity index (χ0) is 18.5. The Morgan fingerprint density at radius 1 is 0.769 bits per heavy atom. The highest BCUT2D eigenvalue weighted by Gasteiger charge is 2.35. The largest absolute Gasteiger partial charge is 0.480 e. The molecule has 0 unspecified atom stereocenters. The maximum Gasteiger partial charge on any atom is 0.317 e. The summed E-state index contributed by atoms with van der Waals surface area (Å²) in [5, 5.41) is 8.85. The third-order valence-corrected chi connectivity index (χ3v) is 6.73. The molecule has 0 radical (unpaired) electrons. The molecule has 1 aliphatic carbocycles. The average molecular weight is 384 g/mol. The smallest absolute Gasteiger partial charge is 0.317 e. The van der Waals surface area contributed by atoms with Crippen LogP contribution < -0.4 is 0 Å². The van der Waals surface area contributed by atoms with Gasteiger partial charge in [-0.3, -0.25) is 19.3 Å². The van der Waals surface area contributed by atoms with Crippen molar-refractivity contribution in [3.63, 3.8) is 0 Å². The molecule has 2 aliphatic heterocycles. The summed E-state index contributed by atoms with van der Waals surface area (Å²) >= 11 is 1.91. The van der Waals surface area contributed by atoms with Gasteiger partial charge < -0.3 is 14.9 Å². The Kier molecular flexibility index (Phi) is 6.80. The van der Waals surface area contributed by atoms with Crippen LogP contribution in [0.3, 0.4) is 0 Å². The van der Waals surface area contributed by atoms with Crippen LogP contribution in [-0.4, -0.2) is 94.9 Å². The Morgan fingerprint density at radius 3 is 1.69 bits per heavy atom. The van der Waals surface area contributed by atoms with Crippen molar-refractivity contribution in [2.75, 3.05) is 57.3 Å². The van der Waals surface area contributed by atoms with Gasteiger partial charge in [-0.15, -0.1) is 0 Å². The summed E-state index contributed by atoms with van der Waals surface area (Å²) in [7, 11) is 0. The minimum Gasteiger partial charge on any atom is -0.480 e. The van der Waals surface area contributed by atoms with Crippen molar-refractivity contribution in [3.8, 4) is 0 Å². The minimum absolute atomic E-state index is 0.0296. The fourth-order valence-electron chi connectivity index (χ4n) is 4.21. The van der Waals surface area contributed by atoms with Gasteiger partial charge in [-0.2, -0.15) is 11.8 Å². The lowest BCUT2D eigenvalue weighted by molar-refractivity contribution is -0.143. The molecule has 26 heavy (non-hydrogen) atoms. The zero-order valence-corrected chi connectivity index (χ0v) is 16.1. The number of carbonyl (C=O) groups is 3. The number of carbonyl (C=O) groups excluding carboxylic acids is 2. The van der Waals surface area contributed by atoms with E-state index in [2.05, 4.69) is 0 Å². The third kappa shape index (κ3) is 4.91. The average Bonchev–Trinajstić information content (AvgIpc) is 2.68. The summed E-state index contributed by atoms with van der Waals surface area (Å²) in [5.41, 5.74) is 0. The Hall–Kier alpha value is -1.28. The number of amides is 2. The lowest BCUT2D eigenvalue weighted by atomic mass is 9.80. The van der Waals surface area contributed by atoms with Gasteiger partial charge in [0.1, 0.15) is 0 Å². The van der Waals surface area contributed by atoms with Crippen LogP contribution in [0.2, 0.25) is 0 Å². The van der Waals surface area contributed by atoms with E-state index in [0.29, 0.717) is 32.1 Å². The fraction of sp³-hybridized carbons (Fsp3) is 0.833. The number of carboxylic acid groups (broad SMARTS) is 1. The number of rotatable bonds is 4.